The molecule has 1 aliphatic carbocycles. The molecule has 1 aromatic rings. The van der Waals surface area contributed by atoms with Crippen molar-refractivity contribution >= 4 is 11.9 Å². The van der Waals surface area contributed by atoms with Gasteiger partial charge in [-0.25, -0.2) is 4.79 Å². The van der Waals surface area contributed by atoms with Crippen molar-refractivity contribution < 1.29 is 24.9 Å². The van der Waals surface area contributed by atoms with Crippen molar-refractivity contribution in [1.29, 1.82) is 0 Å². The Hall–Kier alpha value is -2.24. The molecule has 3 rings (SSSR count). The molecule has 112 valence electrons. The maximum absolute atomic E-state index is 12.5. The number of fused-ring (bicyclic) bond motifs is 1. The number of aromatic hydroxyl groups is 2. The SMILES string of the molecule is O=C(O)C1C2CCCC2CN1C(=O)c1ccc(O)cc1O. The summed E-state index contributed by atoms with van der Waals surface area (Å²) < 4.78 is 0. The van der Waals surface area contributed by atoms with Crippen LogP contribution >= 0.6 is 0 Å². The number of hydrogen-bond donors (Lipinski definition) is 3. The number of carbonyl (C=O) groups is 2. The number of carboxylic acid groups (broad SMARTS) is 1. The van der Waals surface area contributed by atoms with Gasteiger partial charge in [0.2, 0.25) is 0 Å². The fraction of sp³-hybridized carbons (Fsp3) is 0.467. The molecule has 1 saturated heterocycles. The van der Waals surface area contributed by atoms with Gasteiger partial charge in [-0.1, -0.05) is 6.42 Å². The zero-order chi connectivity index (χ0) is 15.1. The monoisotopic (exact) mass is 291 g/mol. The minimum Gasteiger partial charge on any atom is -0.508 e. The van der Waals surface area contributed by atoms with Crippen LogP contribution in [0.1, 0.15) is 29.6 Å². The van der Waals surface area contributed by atoms with Gasteiger partial charge in [0.1, 0.15) is 17.5 Å². The molecule has 0 aromatic heterocycles. The summed E-state index contributed by atoms with van der Waals surface area (Å²) in [6.45, 7) is 0.417. The first-order chi connectivity index (χ1) is 9.99. The molecule has 21 heavy (non-hydrogen) atoms. The van der Waals surface area contributed by atoms with Crippen LogP contribution in [0.15, 0.2) is 18.2 Å². The number of likely N-dealkylation sites (tertiary alicyclic amines) is 1. The average molecular weight is 291 g/mol. The minimum absolute atomic E-state index is 0.00529. The van der Waals surface area contributed by atoms with E-state index in [-0.39, 0.29) is 28.9 Å². The number of phenols is 2. The molecule has 1 heterocycles. The highest BCUT2D eigenvalue weighted by atomic mass is 16.4. The number of nitrogens with zero attached hydrogens (tertiary/aromatic N) is 1. The Morgan fingerprint density at radius 3 is 2.62 bits per heavy atom. The summed E-state index contributed by atoms with van der Waals surface area (Å²) in [7, 11) is 0. The van der Waals surface area contributed by atoms with Gasteiger partial charge in [-0.2, -0.15) is 0 Å². The summed E-state index contributed by atoms with van der Waals surface area (Å²) in [5, 5.41) is 28.5. The highest BCUT2D eigenvalue weighted by Gasteiger charge is 2.49. The second-order valence-corrected chi connectivity index (χ2v) is 5.80. The molecular weight excluding hydrogens is 274 g/mol. The lowest BCUT2D eigenvalue weighted by molar-refractivity contribution is -0.142. The summed E-state index contributed by atoms with van der Waals surface area (Å²) >= 11 is 0. The van der Waals surface area contributed by atoms with Gasteiger partial charge in [0.25, 0.3) is 5.91 Å². The minimum atomic E-state index is -0.990. The van der Waals surface area contributed by atoms with Crippen LogP contribution in [0.4, 0.5) is 0 Å². The van der Waals surface area contributed by atoms with Crippen LogP contribution in [0, 0.1) is 11.8 Å². The van der Waals surface area contributed by atoms with Gasteiger partial charge in [0, 0.05) is 12.6 Å². The Bertz CT molecular complexity index is 600. The van der Waals surface area contributed by atoms with Crippen LogP contribution in [0.5, 0.6) is 11.5 Å². The van der Waals surface area contributed by atoms with Crippen molar-refractivity contribution in [2.45, 2.75) is 25.3 Å². The Balaban J connectivity index is 1.91. The van der Waals surface area contributed by atoms with E-state index in [4.69, 9.17) is 0 Å². The predicted octanol–water partition coefficient (Wildman–Crippen LogP) is 1.42. The number of rotatable bonds is 2. The Kier molecular flexibility index (Phi) is 3.23. The van der Waals surface area contributed by atoms with E-state index >= 15 is 0 Å². The van der Waals surface area contributed by atoms with Crippen molar-refractivity contribution in [1.82, 2.24) is 4.90 Å². The van der Waals surface area contributed by atoms with Gasteiger partial charge in [-0.05, 0) is 36.8 Å². The highest BCUT2D eigenvalue weighted by Crippen LogP contribution is 2.43. The lowest BCUT2D eigenvalue weighted by Crippen LogP contribution is -2.43. The van der Waals surface area contributed by atoms with Crippen molar-refractivity contribution in [2.75, 3.05) is 6.54 Å². The molecule has 1 saturated carbocycles. The van der Waals surface area contributed by atoms with Crippen LogP contribution < -0.4 is 0 Å². The van der Waals surface area contributed by atoms with Crippen molar-refractivity contribution in [3.8, 4) is 11.5 Å². The lowest BCUT2D eigenvalue weighted by Gasteiger charge is -2.24. The highest BCUT2D eigenvalue weighted by molar-refractivity contribution is 5.99. The molecule has 6 nitrogen and oxygen atoms in total. The van der Waals surface area contributed by atoms with E-state index in [1.807, 2.05) is 0 Å². The molecule has 2 aliphatic rings. The fourth-order valence-electron chi connectivity index (χ4n) is 3.69. The van der Waals surface area contributed by atoms with E-state index < -0.39 is 17.9 Å². The molecule has 1 aromatic carbocycles. The second kappa shape index (κ2) is 4.95. The van der Waals surface area contributed by atoms with E-state index in [0.29, 0.717) is 6.54 Å². The number of phenolic OH excluding ortho intramolecular Hbond substituents is 2. The van der Waals surface area contributed by atoms with E-state index in [1.54, 1.807) is 0 Å². The molecule has 0 radical (unpaired) electrons. The Morgan fingerprint density at radius 1 is 1.19 bits per heavy atom. The zero-order valence-corrected chi connectivity index (χ0v) is 11.4. The standard InChI is InChI=1S/C15H17NO5/c17-9-4-5-11(12(18)6-9)14(19)16-7-8-2-1-3-10(8)13(16)15(20)21/h4-6,8,10,13,17-18H,1-3,7H2,(H,20,21). The largest absolute Gasteiger partial charge is 0.508 e. The van der Waals surface area contributed by atoms with Gasteiger partial charge in [-0.3, -0.25) is 4.79 Å². The van der Waals surface area contributed by atoms with Gasteiger partial charge < -0.3 is 20.2 Å². The molecule has 1 aliphatic heterocycles. The fourth-order valence-corrected chi connectivity index (χ4v) is 3.69. The van der Waals surface area contributed by atoms with Gasteiger partial charge in [-0.15, -0.1) is 0 Å². The average Bonchev–Trinajstić information content (AvgIpc) is 2.96. The number of amides is 1. The molecule has 2 fully saturated rings. The quantitative estimate of drug-likeness (QED) is 0.765. The zero-order valence-electron chi connectivity index (χ0n) is 11.4. The molecule has 1 amide bonds. The third-order valence-electron chi connectivity index (χ3n) is 4.62. The Labute approximate surface area is 121 Å². The van der Waals surface area contributed by atoms with Crippen LogP contribution in [0.2, 0.25) is 0 Å². The molecule has 3 atom stereocenters. The second-order valence-electron chi connectivity index (χ2n) is 5.80. The summed E-state index contributed by atoms with van der Waals surface area (Å²) in [5.74, 6) is -1.72. The summed E-state index contributed by atoms with van der Waals surface area (Å²) in [6.07, 6.45) is 2.78. The van der Waals surface area contributed by atoms with Gasteiger partial charge in [0.15, 0.2) is 0 Å². The third-order valence-corrected chi connectivity index (χ3v) is 4.62. The topological polar surface area (TPSA) is 98.1 Å². The predicted molar refractivity (Wildman–Crippen MR) is 73.1 cm³/mol. The first kappa shape index (κ1) is 13.7. The normalized spacial score (nSPS) is 27.6. The lowest BCUT2D eigenvalue weighted by atomic mass is 9.94. The maximum atomic E-state index is 12.5. The molecule has 3 unspecified atom stereocenters. The van der Waals surface area contributed by atoms with Gasteiger partial charge in [0.05, 0.1) is 5.56 Å². The molecule has 0 bridgehead atoms. The van der Waals surface area contributed by atoms with Crippen LogP contribution in [-0.2, 0) is 4.79 Å². The third kappa shape index (κ3) is 2.20. The van der Waals surface area contributed by atoms with Crippen LogP contribution in [-0.4, -0.2) is 44.7 Å². The summed E-state index contributed by atoms with van der Waals surface area (Å²) in [5.41, 5.74) is 0.0269. The van der Waals surface area contributed by atoms with Gasteiger partial charge >= 0.3 is 5.97 Å². The van der Waals surface area contributed by atoms with Crippen LogP contribution in [0.25, 0.3) is 0 Å². The molecular formula is C15H17NO5. The van der Waals surface area contributed by atoms with E-state index in [9.17, 15) is 24.9 Å². The Morgan fingerprint density at radius 2 is 1.95 bits per heavy atom. The van der Waals surface area contributed by atoms with Crippen molar-refractivity contribution in [2.24, 2.45) is 11.8 Å². The molecule has 6 heteroatoms. The first-order valence-electron chi connectivity index (χ1n) is 7.05. The summed E-state index contributed by atoms with van der Waals surface area (Å²) in [6, 6.07) is 2.89. The first-order valence-corrected chi connectivity index (χ1v) is 7.05. The van der Waals surface area contributed by atoms with E-state index in [1.165, 1.54) is 17.0 Å². The maximum Gasteiger partial charge on any atom is 0.326 e. The number of carbonyl (C=O) groups excluding carboxylic acids is 1. The van der Waals surface area contributed by atoms with Crippen molar-refractivity contribution in [3.63, 3.8) is 0 Å². The molecule has 3 N–H and O–H groups in total. The number of carboxylic acids is 1. The number of hydrogen-bond acceptors (Lipinski definition) is 4. The van der Waals surface area contributed by atoms with E-state index in [0.717, 1.165) is 25.3 Å². The smallest absolute Gasteiger partial charge is 0.326 e. The molecule has 0 spiro atoms. The summed E-state index contributed by atoms with van der Waals surface area (Å²) in [4.78, 5) is 25.4. The number of benzene rings is 1. The van der Waals surface area contributed by atoms with Crippen LogP contribution in [0.3, 0.4) is 0 Å². The number of aliphatic carboxylic acids is 1. The van der Waals surface area contributed by atoms with E-state index in [2.05, 4.69) is 0 Å². The van der Waals surface area contributed by atoms with Crippen molar-refractivity contribution in [3.05, 3.63) is 23.8 Å².